The third-order valence-corrected chi connectivity index (χ3v) is 6.83. The predicted molar refractivity (Wildman–Crippen MR) is 130 cm³/mol. The van der Waals surface area contributed by atoms with E-state index in [1.807, 2.05) is 35.3 Å². The number of fused-ring (bicyclic) bond motifs is 4. The van der Waals surface area contributed by atoms with Crippen molar-refractivity contribution in [3.63, 3.8) is 0 Å². The van der Waals surface area contributed by atoms with Crippen LogP contribution in [0.25, 0.3) is 10.9 Å². The first kappa shape index (κ1) is 21.2. The van der Waals surface area contributed by atoms with Gasteiger partial charge in [0.15, 0.2) is 0 Å². The molecule has 0 radical (unpaired) electrons. The van der Waals surface area contributed by atoms with E-state index in [0.29, 0.717) is 22.2 Å². The average Bonchev–Trinajstić information content (AvgIpc) is 3.42. The summed E-state index contributed by atoms with van der Waals surface area (Å²) in [7, 11) is 0. The quantitative estimate of drug-likeness (QED) is 0.302. The Morgan fingerprint density at radius 1 is 1.09 bits per heavy atom. The minimum absolute atomic E-state index is 0.100. The van der Waals surface area contributed by atoms with Gasteiger partial charge in [-0.2, -0.15) is 5.10 Å². The third-order valence-electron chi connectivity index (χ3n) is 6.33. The van der Waals surface area contributed by atoms with Gasteiger partial charge in [0, 0.05) is 41.1 Å². The summed E-state index contributed by atoms with van der Waals surface area (Å²) in [5.41, 5.74) is 4.06. The van der Waals surface area contributed by atoms with E-state index in [2.05, 4.69) is 0 Å². The SMILES string of the molecule is CC(=O)n1cc([C@H]2Oc3c(Cl)cc(Cl)cc3[C@@H]3CC(c4ccc(F)cc4)=NN23)c2ccccc21. The minimum atomic E-state index is -0.625. The van der Waals surface area contributed by atoms with E-state index in [4.69, 9.17) is 33.0 Å². The number of nitrogens with zero attached hydrogens (tertiary/aromatic N) is 3. The molecule has 0 saturated heterocycles. The highest BCUT2D eigenvalue weighted by atomic mass is 35.5. The Morgan fingerprint density at radius 2 is 1.85 bits per heavy atom. The lowest BCUT2D eigenvalue weighted by molar-refractivity contribution is -0.0180. The molecule has 8 heteroatoms. The normalized spacial score (nSPS) is 18.9. The fraction of sp³-hybridized carbons (Fsp3) is 0.154. The van der Waals surface area contributed by atoms with Crippen molar-refractivity contribution in [2.45, 2.75) is 25.6 Å². The highest BCUT2D eigenvalue weighted by Gasteiger charge is 2.43. The molecule has 0 fully saturated rings. The zero-order chi connectivity index (χ0) is 23.6. The molecule has 0 bridgehead atoms. The van der Waals surface area contributed by atoms with Gasteiger partial charge in [-0.15, -0.1) is 0 Å². The summed E-state index contributed by atoms with van der Waals surface area (Å²) in [6, 6.07) is 17.3. The number of aromatic nitrogens is 1. The van der Waals surface area contributed by atoms with Crippen molar-refractivity contribution in [3.05, 3.63) is 99.4 Å². The number of hydrogen-bond acceptors (Lipinski definition) is 4. The van der Waals surface area contributed by atoms with Crippen LogP contribution in [0.1, 0.15) is 47.1 Å². The number of carbonyl (C=O) groups is 1. The number of hydrogen-bond donors (Lipinski definition) is 0. The Hall–Kier alpha value is -3.35. The summed E-state index contributed by atoms with van der Waals surface area (Å²) in [6.45, 7) is 1.52. The standard InChI is InChI=1S/C26H18Cl2FN3O2/c1-14(33)31-13-20(18-4-2-3-5-23(18)31)26-32-24(19-10-16(27)11-21(28)25(19)34-26)12-22(30-32)15-6-8-17(29)9-7-15/h2-11,13,24,26H,12H2,1H3/t24-,26+/m0/s1. The second kappa shape index (κ2) is 7.86. The van der Waals surface area contributed by atoms with Crippen molar-refractivity contribution >= 4 is 45.7 Å². The first-order chi connectivity index (χ1) is 16.4. The predicted octanol–water partition coefficient (Wildman–Crippen LogP) is 6.99. The molecule has 0 saturated carbocycles. The number of carbonyl (C=O) groups excluding carboxylic acids is 1. The summed E-state index contributed by atoms with van der Waals surface area (Å²) in [5, 5.41) is 8.61. The smallest absolute Gasteiger partial charge is 0.227 e. The van der Waals surface area contributed by atoms with Crippen LogP contribution in [-0.4, -0.2) is 21.2 Å². The zero-order valence-corrected chi connectivity index (χ0v) is 19.5. The van der Waals surface area contributed by atoms with Crippen LogP contribution in [0, 0.1) is 5.82 Å². The van der Waals surface area contributed by atoms with Crippen LogP contribution < -0.4 is 4.74 Å². The van der Waals surface area contributed by atoms with Crippen molar-refractivity contribution in [2.24, 2.45) is 5.10 Å². The molecule has 2 atom stereocenters. The second-order valence-electron chi connectivity index (χ2n) is 8.42. The molecule has 5 nitrogen and oxygen atoms in total. The molecular formula is C26H18Cl2FN3O2. The molecule has 3 heterocycles. The number of ether oxygens (including phenoxy) is 1. The van der Waals surface area contributed by atoms with E-state index < -0.39 is 6.23 Å². The molecule has 170 valence electrons. The lowest BCUT2D eigenvalue weighted by Crippen LogP contribution is -2.33. The van der Waals surface area contributed by atoms with Crippen molar-refractivity contribution in [1.82, 2.24) is 9.58 Å². The van der Waals surface area contributed by atoms with Crippen LogP contribution in [-0.2, 0) is 0 Å². The zero-order valence-electron chi connectivity index (χ0n) is 18.0. The Bertz CT molecular complexity index is 1500. The summed E-state index contributed by atoms with van der Waals surface area (Å²) in [6.07, 6.45) is 1.75. The molecule has 34 heavy (non-hydrogen) atoms. The Kier molecular flexibility index (Phi) is 4.90. The number of para-hydroxylation sites is 1. The molecule has 1 aromatic heterocycles. The number of hydrazone groups is 1. The number of halogens is 3. The van der Waals surface area contributed by atoms with Gasteiger partial charge in [-0.1, -0.05) is 53.5 Å². The minimum Gasteiger partial charge on any atom is -0.463 e. The van der Waals surface area contributed by atoms with Gasteiger partial charge < -0.3 is 4.74 Å². The van der Waals surface area contributed by atoms with Crippen molar-refractivity contribution in [3.8, 4) is 5.75 Å². The third kappa shape index (κ3) is 3.29. The first-order valence-corrected chi connectivity index (χ1v) is 11.5. The molecule has 0 unspecified atom stereocenters. The summed E-state index contributed by atoms with van der Waals surface area (Å²) in [5.74, 6) is 0.145. The molecular weight excluding hydrogens is 476 g/mol. The largest absolute Gasteiger partial charge is 0.463 e. The fourth-order valence-electron chi connectivity index (χ4n) is 4.80. The Labute approximate surface area is 204 Å². The summed E-state index contributed by atoms with van der Waals surface area (Å²) < 4.78 is 21.6. The van der Waals surface area contributed by atoms with Crippen LogP contribution in [0.5, 0.6) is 5.75 Å². The van der Waals surface area contributed by atoms with Gasteiger partial charge >= 0.3 is 0 Å². The van der Waals surface area contributed by atoms with Gasteiger partial charge in [0.05, 0.1) is 22.3 Å². The van der Waals surface area contributed by atoms with E-state index in [1.165, 1.54) is 19.1 Å². The molecule has 4 aromatic rings. The average molecular weight is 494 g/mol. The maximum absolute atomic E-state index is 13.5. The van der Waals surface area contributed by atoms with E-state index in [1.54, 1.807) is 29.0 Å². The lowest BCUT2D eigenvalue weighted by Gasteiger charge is -2.38. The number of rotatable bonds is 2. The Balaban J connectivity index is 1.54. The van der Waals surface area contributed by atoms with Crippen molar-refractivity contribution in [2.75, 3.05) is 0 Å². The highest BCUT2D eigenvalue weighted by Crippen LogP contribution is 2.51. The fourth-order valence-corrected chi connectivity index (χ4v) is 5.35. The van der Waals surface area contributed by atoms with Crippen LogP contribution in [0.3, 0.4) is 0 Å². The van der Waals surface area contributed by atoms with E-state index in [9.17, 15) is 9.18 Å². The van der Waals surface area contributed by atoms with Gasteiger partial charge in [-0.3, -0.25) is 9.36 Å². The molecule has 2 aliphatic rings. The maximum Gasteiger partial charge on any atom is 0.227 e. The summed E-state index contributed by atoms with van der Waals surface area (Å²) in [4.78, 5) is 12.4. The van der Waals surface area contributed by atoms with Crippen molar-refractivity contribution < 1.29 is 13.9 Å². The Morgan fingerprint density at radius 3 is 2.62 bits per heavy atom. The molecule has 0 spiro atoms. The van der Waals surface area contributed by atoms with Crippen LogP contribution in [0.4, 0.5) is 4.39 Å². The van der Waals surface area contributed by atoms with Gasteiger partial charge in [-0.05, 0) is 35.9 Å². The highest BCUT2D eigenvalue weighted by molar-refractivity contribution is 6.35. The number of benzene rings is 3. The lowest BCUT2D eigenvalue weighted by atomic mass is 9.95. The van der Waals surface area contributed by atoms with Crippen LogP contribution in [0.2, 0.25) is 10.0 Å². The molecule has 0 amide bonds. The van der Waals surface area contributed by atoms with Gasteiger partial charge in [-0.25, -0.2) is 9.40 Å². The topological polar surface area (TPSA) is 46.8 Å². The molecule has 0 N–H and O–H groups in total. The van der Waals surface area contributed by atoms with Crippen molar-refractivity contribution in [1.29, 1.82) is 0 Å². The van der Waals surface area contributed by atoms with Gasteiger partial charge in [0.1, 0.15) is 11.6 Å². The van der Waals surface area contributed by atoms with E-state index >= 15 is 0 Å². The molecule has 3 aromatic carbocycles. The van der Waals surface area contributed by atoms with Crippen LogP contribution in [0.15, 0.2) is 72.0 Å². The first-order valence-electron chi connectivity index (χ1n) is 10.8. The van der Waals surface area contributed by atoms with E-state index in [0.717, 1.165) is 33.3 Å². The molecule has 6 rings (SSSR count). The van der Waals surface area contributed by atoms with Gasteiger partial charge in [0.25, 0.3) is 0 Å². The molecule has 0 aliphatic carbocycles. The van der Waals surface area contributed by atoms with Crippen LogP contribution >= 0.6 is 23.2 Å². The summed E-state index contributed by atoms with van der Waals surface area (Å²) >= 11 is 12.9. The monoisotopic (exact) mass is 493 g/mol. The second-order valence-corrected chi connectivity index (χ2v) is 9.26. The van der Waals surface area contributed by atoms with Gasteiger partial charge in [0.2, 0.25) is 12.1 Å². The molecule has 2 aliphatic heterocycles. The maximum atomic E-state index is 13.5. The van der Waals surface area contributed by atoms with E-state index in [-0.39, 0.29) is 17.8 Å².